The smallest absolute Gasteiger partial charge is 0.164 e. The molecule has 0 aliphatic rings. The van der Waals surface area contributed by atoms with Gasteiger partial charge in [0, 0.05) is 36.9 Å². The van der Waals surface area contributed by atoms with Gasteiger partial charge in [0.1, 0.15) is 0 Å². The van der Waals surface area contributed by atoms with Gasteiger partial charge in [-0.2, -0.15) is 0 Å². The molecule has 0 aliphatic carbocycles. The van der Waals surface area contributed by atoms with Crippen molar-refractivity contribution in [3.05, 3.63) is 164 Å². The minimum atomic E-state index is 0.651. The van der Waals surface area contributed by atoms with Gasteiger partial charge < -0.3 is 0 Å². The van der Waals surface area contributed by atoms with E-state index >= 15 is 0 Å². The molecule has 10 aromatic rings. The van der Waals surface area contributed by atoms with Gasteiger partial charge in [0.05, 0.1) is 0 Å². The van der Waals surface area contributed by atoms with E-state index in [0.29, 0.717) is 17.5 Å². The Morgan fingerprint density at radius 3 is 1.73 bits per heavy atom. The molecule has 2 heterocycles. The quantitative estimate of drug-likeness (QED) is 0.180. The normalized spacial score (nSPS) is 11.7. The van der Waals surface area contributed by atoms with E-state index in [1.807, 2.05) is 6.07 Å². The van der Waals surface area contributed by atoms with Crippen molar-refractivity contribution in [2.75, 3.05) is 0 Å². The lowest BCUT2D eigenvalue weighted by molar-refractivity contribution is 1.08. The Hall–Kier alpha value is -6.23. The van der Waals surface area contributed by atoms with Crippen LogP contribution in [-0.4, -0.2) is 15.0 Å². The fraction of sp³-hybridized carbons (Fsp3) is 0. The molecule has 0 atom stereocenters. The summed E-state index contributed by atoms with van der Waals surface area (Å²) in [7, 11) is 0. The van der Waals surface area contributed by atoms with Gasteiger partial charge in [0.2, 0.25) is 0 Å². The first-order chi connectivity index (χ1) is 24.3. The molecule has 0 saturated carbocycles. The molecule has 0 N–H and O–H groups in total. The maximum absolute atomic E-state index is 5.36. The third kappa shape index (κ3) is 4.53. The molecule has 0 amide bonds. The number of benzene rings is 8. The Morgan fingerprint density at radius 1 is 0.327 bits per heavy atom. The van der Waals surface area contributed by atoms with Crippen LogP contribution in [-0.2, 0) is 0 Å². The largest absolute Gasteiger partial charge is 0.208 e. The monoisotopic (exact) mass is 641 g/mol. The average Bonchev–Trinajstić information content (AvgIpc) is 3.57. The van der Waals surface area contributed by atoms with Crippen molar-refractivity contribution in [3.63, 3.8) is 0 Å². The van der Waals surface area contributed by atoms with E-state index in [9.17, 15) is 0 Å². The zero-order chi connectivity index (χ0) is 32.3. The molecule has 10 rings (SSSR count). The zero-order valence-corrected chi connectivity index (χ0v) is 27.2. The predicted molar refractivity (Wildman–Crippen MR) is 207 cm³/mol. The molecule has 2 aromatic heterocycles. The Bertz CT molecular complexity index is 2890. The molecular weight excluding hydrogens is 615 g/mol. The topological polar surface area (TPSA) is 38.7 Å². The number of thiophene rings is 1. The lowest BCUT2D eigenvalue weighted by Crippen LogP contribution is -2.02. The van der Waals surface area contributed by atoms with E-state index in [4.69, 9.17) is 15.0 Å². The van der Waals surface area contributed by atoms with Crippen LogP contribution in [0.2, 0.25) is 0 Å². The lowest BCUT2D eigenvalue weighted by atomic mass is 9.93. The summed E-state index contributed by atoms with van der Waals surface area (Å²) in [5.41, 5.74) is 5.17. The first-order valence-corrected chi connectivity index (χ1v) is 17.3. The summed E-state index contributed by atoms with van der Waals surface area (Å²) in [5, 5.41) is 9.52. The summed E-state index contributed by atoms with van der Waals surface area (Å²) in [5.74, 6) is 1.97. The zero-order valence-electron chi connectivity index (χ0n) is 26.3. The number of aromatic nitrogens is 3. The van der Waals surface area contributed by atoms with Crippen LogP contribution in [0.4, 0.5) is 0 Å². The summed E-state index contributed by atoms with van der Waals surface area (Å²) in [6.07, 6.45) is 0. The van der Waals surface area contributed by atoms with Crippen LogP contribution in [0.15, 0.2) is 164 Å². The number of fused-ring (bicyclic) bond motifs is 8. The van der Waals surface area contributed by atoms with E-state index in [1.54, 1.807) is 11.3 Å². The Kier molecular flexibility index (Phi) is 6.36. The summed E-state index contributed by atoms with van der Waals surface area (Å²) in [6.45, 7) is 0. The van der Waals surface area contributed by atoms with Gasteiger partial charge >= 0.3 is 0 Å². The van der Waals surface area contributed by atoms with Crippen LogP contribution in [0.5, 0.6) is 0 Å². The Morgan fingerprint density at radius 2 is 0.898 bits per heavy atom. The molecule has 49 heavy (non-hydrogen) atoms. The Balaban J connectivity index is 1.32. The second-order valence-corrected chi connectivity index (χ2v) is 13.4. The van der Waals surface area contributed by atoms with E-state index < -0.39 is 0 Å². The van der Waals surface area contributed by atoms with E-state index in [2.05, 4.69) is 158 Å². The van der Waals surface area contributed by atoms with Gasteiger partial charge in [-0.15, -0.1) is 11.3 Å². The van der Waals surface area contributed by atoms with Gasteiger partial charge in [-0.1, -0.05) is 146 Å². The average molecular weight is 642 g/mol. The van der Waals surface area contributed by atoms with Crippen molar-refractivity contribution in [1.29, 1.82) is 0 Å². The summed E-state index contributed by atoms with van der Waals surface area (Å²) < 4.78 is 2.47. The first kappa shape index (κ1) is 27.8. The second-order valence-electron chi connectivity index (χ2n) is 12.3. The molecule has 0 fully saturated rings. The molecule has 228 valence electrons. The van der Waals surface area contributed by atoms with Gasteiger partial charge in [-0.25, -0.2) is 15.0 Å². The number of nitrogens with zero attached hydrogens (tertiary/aromatic N) is 3. The van der Waals surface area contributed by atoms with Gasteiger partial charge in [0.25, 0.3) is 0 Å². The highest BCUT2D eigenvalue weighted by Gasteiger charge is 2.20. The number of rotatable bonds is 4. The first-order valence-electron chi connectivity index (χ1n) is 16.5. The van der Waals surface area contributed by atoms with Crippen LogP contribution in [0.25, 0.3) is 97.8 Å². The molecule has 0 radical (unpaired) electrons. The maximum Gasteiger partial charge on any atom is 0.164 e. The van der Waals surface area contributed by atoms with Crippen molar-refractivity contribution < 1.29 is 0 Å². The molecule has 4 heteroatoms. The van der Waals surface area contributed by atoms with Crippen molar-refractivity contribution in [3.8, 4) is 45.3 Å². The maximum atomic E-state index is 5.36. The molecule has 0 aliphatic heterocycles. The van der Waals surface area contributed by atoms with Gasteiger partial charge in [-0.05, 0) is 61.6 Å². The third-order valence-corrected chi connectivity index (χ3v) is 10.7. The minimum absolute atomic E-state index is 0.651. The van der Waals surface area contributed by atoms with Crippen molar-refractivity contribution >= 4 is 63.8 Å². The number of hydrogen-bond donors (Lipinski definition) is 0. The third-order valence-electron chi connectivity index (χ3n) is 9.54. The molecule has 0 saturated heterocycles. The van der Waals surface area contributed by atoms with Gasteiger partial charge in [0.15, 0.2) is 17.5 Å². The highest BCUT2D eigenvalue weighted by molar-refractivity contribution is 7.25. The number of hydrogen-bond acceptors (Lipinski definition) is 4. The summed E-state index contributed by atoms with van der Waals surface area (Å²) in [4.78, 5) is 16.0. The molecule has 8 aromatic carbocycles. The van der Waals surface area contributed by atoms with Crippen LogP contribution < -0.4 is 0 Å². The van der Waals surface area contributed by atoms with Gasteiger partial charge in [-0.3, -0.25) is 0 Å². The van der Waals surface area contributed by atoms with E-state index in [1.165, 1.54) is 47.1 Å². The lowest BCUT2D eigenvalue weighted by Gasteiger charge is -2.15. The van der Waals surface area contributed by atoms with Crippen molar-refractivity contribution in [2.24, 2.45) is 0 Å². The standard InChI is InChI=1S/C45H27N3S/c1-2-13-28(14-3-1)30-16-6-9-20-35(30)43-46-44(37-22-12-24-41-42(37)36-21-10-11-23-40(36)49-41)48-45(47-43)39-27-38-31-17-5-4-15-29(31)25-26-34(38)32-18-7-8-19-33(32)39/h1-27H. The fourth-order valence-electron chi connectivity index (χ4n) is 7.29. The molecule has 0 bridgehead atoms. The van der Waals surface area contributed by atoms with Crippen LogP contribution in [0.3, 0.4) is 0 Å². The fourth-order valence-corrected chi connectivity index (χ4v) is 8.42. The highest BCUT2D eigenvalue weighted by Crippen LogP contribution is 2.42. The summed E-state index contributed by atoms with van der Waals surface area (Å²) in [6, 6.07) is 57.9. The van der Waals surface area contributed by atoms with Crippen LogP contribution in [0, 0.1) is 0 Å². The highest BCUT2D eigenvalue weighted by atomic mass is 32.1. The second kappa shape index (κ2) is 11.2. The molecule has 0 spiro atoms. The minimum Gasteiger partial charge on any atom is -0.208 e. The van der Waals surface area contributed by atoms with Crippen LogP contribution in [0.1, 0.15) is 0 Å². The Labute approximate surface area is 286 Å². The van der Waals surface area contributed by atoms with Crippen molar-refractivity contribution in [1.82, 2.24) is 15.0 Å². The van der Waals surface area contributed by atoms with E-state index in [-0.39, 0.29) is 0 Å². The molecule has 0 unspecified atom stereocenters. The summed E-state index contributed by atoms with van der Waals surface area (Å²) >= 11 is 1.80. The SMILES string of the molecule is c1ccc(-c2ccccc2-c2nc(-c3cc4c5ccccc5ccc4c4ccccc34)nc(-c3cccc4sc5ccccc5c34)n2)cc1. The van der Waals surface area contributed by atoms with E-state index in [0.717, 1.165) is 33.2 Å². The van der Waals surface area contributed by atoms with Crippen molar-refractivity contribution in [2.45, 2.75) is 0 Å². The van der Waals surface area contributed by atoms with Crippen LogP contribution >= 0.6 is 11.3 Å². The predicted octanol–water partition coefficient (Wildman–Crippen LogP) is 12.4. The molecular formula is C45H27N3S. The molecule has 3 nitrogen and oxygen atoms in total.